The Morgan fingerprint density at radius 1 is 1.10 bits per heavy atom. The van der Waals surface area contributed by atoms with Crippen molar-refractivity contribution < 1.29 is 0 Å². The van der Waals surface area contributed by atoms with Crippen LogP contribution in [-0.4, -0.2) is 0 Å². The van der Waals surface area contributed by atoms with E-state index in [-0.39, 0.29) is 0 Å². The second-order valence-corrected chi connectivity index (χ2v) is 7.51. The fraction of sp³-hybridized carbons (Fsp3) is 0.474. The summed E-state index contributed by atoms with van der Waals surface area (Å²) >= 11 is 1.93. The third-order valence-electron chi connectivity index (χ3n) is 5.13. The highest BCUT2D eigenvalue weighted by Gasteiger charge is 2.23. The first-order valence-corrected chi connectivity index (χ1v) is 9.13. The Morgan fingerprint density at radius 2 is 2.00 bits per heavy atom. The molecular formula is C19H23NS. The van der Waals surface area contributed by atoms with Gasteiger partial charge in [0.2, 0.25) is 0 Å². The van der Waals surface area contributed by atoms with Crippen LogP contribution in [0.15, 0.2) is 29.6 Å². The Bertz CT molecular complexity index is 643. The van der Waals surface area contributed by atoms with Crippen LogP contribution in [0.25, 0.3) is 0 Å². The highest BCUT2D eigenvalue weighted by atomic mass is 32.1. The minimum absolute atomic E-state index is 0.437. The number of hydrogen-bond acceptors (Lipinski definition) is 2. The first-order valence-electron chi connectivity index (χ1n) is 8.25. The van der Waals surface area contributed by atoms with Crippen LogP contribution >= 0.6 is 11.3 Å². The van der Waals surface area contributed by atoms with Crippen LogP contribution < -0.4 is 5.32 Å². The van der Waals surface area contributed by atoms with E-state index < -0.39 is 0 Å². The molecule has 21 heavy (non-hydrogen) atoms. The lowest BCUT2D eigenvalue weighted by Crippen LogP contribution is -2.27. The van der Waals surface area contributed by atoms with Gasteiger partial charge in [-0.2, -0.15) is 0 Å². The molecular weight excluding hydrogens is 274 g/mol. The second-order valence-electron chi connectivity index (χ2n) is 6.51. The summed E-state index contributed by atoms with van der Waals surface area (Å²) < 4.78 is 0. The molecule has 0 saturated carbocycles. The second kappa shape index (κ2) is 5.58. The lowest BCUT2D eigenvalue weighted by Gasteiger charge is -2.27. The summed E-state index contributed by atoms with van der Waals surface area (Å²) in [4.78, 5) is 1.60. The van der Waals surface area contributed by atoms with Gasteiger partial charge >= 0.3 is 0 Å². The average Bonchev–Trinajstić information content (AvgIpc) is 3.15. The summed E-state index contributed by atoms with van der Waals surface area (Å²) in [5.74, 6) is 0. The predicted molar refractivity (Wildman–Crippen MR) is 90.0 cm³/mol. The monoisotopic (exact) mass is 297 g/mol. The molecule has 2 heteroatoms. The van der Waals surface area contributed by atoms with E-state index in [9.17, 15) is 0 Å². The molecule has 1 nitrogen and oxygen atoms in total. The van der Waals surface area contributed by atoms with Crippen molar-refractivity contribution in [1.82, 2.24) is 5.32 Å². The normalized spacial score (nSPS) is 21.9. The van der Waals surface area contributed by atoms with Crippen LogP contribution in [0.2, 0.25) is 0 Å². The quantitative estimate of drug-likeness (QED) is 0.844. The van der Waals surface area contributed by atoms with Gasteiger partial charge in [-0.25, -0.2) is 0 Å². The van der Waals surface area contributed by atoms with E-state index in [1.54, 1.807) is 21.6 Å². The maximum absolute atomic E-state index is 3.88. The molecule has 2 atom stereocenters. The summed E-state index contributed by atoms with van der Waals surface area (Å²) in [6.07, 6.45) is 7.76. The Labute approximate surface area is 131 Å². The summed E-state index contributed by atoms with van der Waals surface area (Å²) in [7, 11) is 0. The number of nitrogens with one attached hydrogen (secondary N) is 1. The lowest BCUT2D eigenvalue weighted by atomic mass is 9.92. The van der Waals surface area contributed by atoms with Crippen LogP contribution in [0, 0.1) is 0 Å². The van der Waals surface area contributed by atoms with E-state index in [0.29, 0.717) is 12.1 Å². The van der Waals surface area contributed by atoms with Crippen molar-refractivity contribution in [2.24, 2.45) is 0 Å². The Hall–Kier alpha value is -1.12. The highest BCUT2D eigenvalue weighted by molar-refractivity contribution is 7.10. The first kappa shape index (κ1) is 13.5. The minimum atomic E-state index is 0.437. The van der Waals surface area contributed by atoms with E-state index in [1.807, 2.05) is 11.3 Å². The predicted octanol–water partition coefficient (Wildman–Crippen LogP) is 4.97. The first-order chi connectivity index (χ1) is 10.3. The molecule has 0 spiro atoms. The molecule has 1 aromatic carbocycles. The van der Waals surface area contributed by atoms with Crippen molar-refractivity contribution in [3.05, 3.63) is 56.8 Å². The van der Waals surface area contributed by atoms with Crippen molar-refractivity contribution in [2.45, 2.75) is 57.5 Å². The molecule has 1 heterocycles. The van der Waals surface area contributed by atoms with E-state index >= 15 is 0 Å². The van der Waals surface area contributed by atoms with Crippen molar-refractivity contribution >= 4 is 11.3 Å². The van der Waals surface area contributed by atoms with Gasteiger partial charge in [-0.05, 0) is 79.1 Å². The summed E-state index contributed by atoms with van der Waals surface area (Å²) in [6, 6.07) is 10.4. The molecule has 2 aliphatic carbocycles. The van der Waals surface area contributed by atoms with E-state index in [4.69, 9.17) is 0 Å². The van der Waals surface area contributed by atoms with Gasteiger partial charge in [0.05, 0.1) is 0 Å². The smallest absolute Gasteiger partial charge is 0.0336 e. The van der Waals surface area contributed by atoms with Gasteiger partial charge < -0.3 is 5.32 Å². The maximum Gasteiger partial charge on any atom is 0.0336 e. The van der Waals surface area contributed by atoms with Crippen LogP contribution in [0.5, 0.6) is 0 Å². The Morgan fingerprint density at radius 3 is 2.95 bits per heavy atom. The Kier molecular flexibility index (Phi) is 3.60. The fourth-order valence-electron chi connectivity index (χ4n) is 3.92. The van der Waals surface area contributed by atoms with Crippen LogP contribution in [0.1, 0.15) is 65.4 Å². The Balaban J connectivity index is 1.53. The van der Waals surface area contributed by atoms with Gasteiger partial charge in [0.15, 0.2) is 0 Å². The number of rotatable bonds is 3. The molecule has 0 saturated heterocycles. The van der Waals surface area contributed by atoms with Crippen molar-refractivity contribution in [3.8, 4) is 0 Å². The largest absolute Gasteiger partial charge is 0.303 e. The number of benzene rings is 1. The van der Waals surface area contributed by atoms with Gasteiger partial charge in [-0.15, -0.1) is 11.3 Å². The lowest BCUT2D eigenvalue weighted by molar-refractivity contribution is 0.418. The summed E-state index contributed by atoms with van der Waals surface area (Å²) in [5, 5.41) is 6.13. The molecule has 0 amide bonds. The average molecular weight is 297 g/mol. The number of hydrogen-bond donors (Lipinski definition) is 1. The number of fused-ring (bicyclic) bond motifs is 2. The van der Waals surface area contributed by atoms with E-state index in [2.05, 4.69) is 41.9 Å². The summed E-state index contributed by atoms with van der Waals surface area (Å²) in [5.41, 5.74) is 6.17. The zero-order valence-corrected chi connectivity index (χ0v) is 13.5. The standard InChI is InChI=1S/C19H23NS/c1-13(15-9-8-14-4-2-5-16(14)12-15)20-18-6-3-7-19-17(18)10-11-21-19/h8-13,18,20H,2-7H2,1H3. The molecule has 0 aliphatic heterocycles. The SMILES string of the molecule is CC(NC1CCCc2sccc21)c1ccc2c(c1)CCC2. The number of aryl methyl sites for hydroxylation is 3. The zero-order chi connectivity index (χ0) is 14.2. The molecule has 4 rings (SSSR count). The molecule has 0 radical (unpaired) electrons. The van der Waals surface area contributed by atoms with Crippen molar-refractivity contribution in [2.75, 3.05) is 0 Å². The highest BCUT2D eigenvalue weighted by Crippen LogP contribution is 2.35. The molecule has 1 N–H and O–H groups in total. The van der Waals surface area contributed by atoms with E-state index in [0.717, 1.165) is 0 Å². The molecule has 0 fully saturated rings. The van der Waals surface area contributed by atoms with Gasteiger partial charge in [0.1, 0.15) is 0 Å². The van der Waals surface area contributed by atoms with Gasteiger partial charge in [0.25, 0.3) is 0 Å². The number of thiophene rings is 1. The van der Waals surface area contributed by atoms with Crippen molar-refractivity contribution in [3.63, 3.8) is 0 Å². The summed E-state index contributed by atoms with van der Waals surface area (Å²) in [6.45, 7) is 2.32. The van der Waals surface area contributed by atoms with Gasteiger partial charge in [0, 0.05) is 17.0 Å². The molecule has 110 valence electrons. The van der Waals surface area contributed by atoms with Crippen LogP contribution in [0.3, 0.4) is 0 Å². The third-order valence-corrected chi connectivity index (χ3v) is 6.12. The van der Waals surface area contributed by atoms with Crippen LogP contribution in [-0.2, 0) is 19.3 Å². The molecule has 1 aromatic heterocycles. The van der Waals surface area contributed by atoms with Gasteiger partial charge in [-0.1, -0.05) is 18.2 Å². The maximum atomic E-state index is 3.88. The molecule has 0 bridgehead atoms. The minimum Gasteiger partial charge on any atom is -0.303 e. The molecule has 2 aromatic rings. The van der Waals surface area contributed by atoms with Gasteiger partial charge in [-0.3, -0.25) is 0 Å². The fourth-order valence-corrected chi connectivity index (χ4v) is 4.91. The zero-order valence-electron chi connectivity index (χ0n) is 12.7. The van der Waals surface area contributed by atoms with E-state index in [1.165, 1.54) is 44.1 Å². The molecule has 2 aliphatic rings. The van der Waals surface area contributed by atoms with Crippen LogP contribution in [0.4, 0.5) is 0 Å². The third kappa shape index (κ3) is 2.56. The van der Waals surface area contributed by atoms with Crippen molar-refractivity contribution in [1.29, 1.82) is 0 Å². The molecule has 2 unspecified atom stereocenters. The topological polar surface area (TPSA) is 12.0 Å².